The van der Waals surface area contributed by atoms with Gasteiger partial charge in [-0.3, -0.25) is 14.9 Å². The maximum absolute atomic E-state index is 12.9. The summed E-state index contributed by atoms with van der Waals surface area (Å²) in [4.78, 5) is 38.5. The second kappa shape index (κ2) is 6.51. The molecule has 1 saturated heterocycles. The molecule has 0 atom stereocenters. The predicted octanol–water partition coefficient (Wildman–Crippen LogP) is 3.61. The molecule has 2 heterocycles. The number of imide groups is 2. The Bertz CT molecular complexity index is 1130. The van der Waals surface area contributed by atoms with Crippen LogP contribution < -0.4 is 10.2 Å². The summed E-state index contributed by atoms with van der Waals surface area (Å²) in [6.07, 6.45) is 3.37. The lowest BCUT2D eigenvalue weighted by atomic mass is 10.1. The van der Waals surface area contributed by atoms with E-state index in [4.69, 9.17) is 0 Å². The molecule has 1 N–H and O–H groups in total. The van der Waals surface area contributed by atoms with Crippen molar-refractivity contribution in [2.24, 2.45) is 7.05 Å². The Morgan fingerprint density at radius 1 is 1.00 bits per heavy atom. The highest BCUT2D eigenvalue weighted by Crippen LogP contribution is 2.26. The van der Waals surface area contributed by atoms with Crippen molar-refractivity contribution in [2.75, 3.05) is 4.90 Å². The van der Waals surface area contributed by atoms with E-state index in [0.717, 1.165) is 25.8 Å². The van der Waals surface area contributed by atoms with E-state index in [2.05, 4.69) is 21.2 Å². The minimum Gasteiger partial charge on any atom is -0.350 e. The number of carbonyl (C=O) groups is 3. The summed E-state index contributed by atoms with van der Waals surface area (Å²) in [5.41, 5.74) is 2.01. The van der Waals surface area contributed by atoms with E-state index >= 15 is 0 Å². The van der Waals surface area contributed by atoms with Gasteiger partial charge < -0.3 is 4.57 Å². The summed E-state index contributed by atoms with van der Waals surface area (Å²) in [6, 6.07) is 13.6. The number of fused-ring (bicyclic) bond motifs is 1. The number of carbonyl (C=O) groups excluding carboxylic acids is 3. The number of rotatable bonds is 2. The number of nitrogens with zero attached hydrogens (tertiary/aromatic N) is 2. The van der Waals surface area contributed by atoms with Crippen molar-refractivity contribution in [1.82, 2.24) is 9.88 Å². The Morgan fingerprint density at radius 3 is 2.44 bits per heavy atom. The predicted molar refractivity (Wildman–Crippen MR) is 106 cm³/mol. The van der Waals surface area contributed by atoms with Crippen molar-refractivity contribution in [1.29, 1.82) is 0 Å². The molecule has 4 rings (SSSR count). The van der Waals surface area contributed by atoms with Crippen molar-refractivity contribution in [3.05, 3.63) is 70.3 Å². The van der Waals surface area contributed by atoms with Crippen molar-refractivity contribution in [3.8, 4) is 0 Å². The van der Waals surface area contributed by atoms with Gasteiger partial charge in [-0.25, -0.2) is 9.69 Å². The van der Waals surface area contributed by atoms with E-state index in [0.29, 0.717) is 5.69 Å². The van der Waals surface area contributed by atoms with Crippen LogP contribution in [0, 0.1) is 0 Å². The largest absolute Gasteiger partial charge is 0.350 e. The molecule has 1 aromatic heterocycles. The molecule has 0 saturated carbocycles. The lowest BCUT2D eigenvalue weighted by Gasteiger charge is -2.26. The number of urea groups is 1. The number of aryl methyl sites for hydroxylation is 1. The molecule has 0 bridgehead atoms. The fraction of sp³-hybridized carbons (Fsp3) is 0.0500. The molecule has 0 unspecified atom stereocenters. The smallest absolute Gasteiger partial charge is 0.335 e. The molecule has 1 aliphatic heterocycles. The monoisotopic (exact) mass is 423 g/mol. The highest BCUT2D eigenvalue weighted by atomic mass is 79.9. The molecule has 1 fully saturated rings. The van der Waals surface area contributed by atoms with Crippen LogP contribution in [0.3, 0.4) is 0 Å². The first-order valence-electron chi connectivity index (χ1n) is 8.17. The quantitative estimate of drug-likeness (QED) is 0.505. The van der Waals surface area contributed by atoms with E-state index in [1.165, 1.54) is 6.08 Å². The highest BCUT2D eigenvalue weighted by Gasteiger charge is 2.36. The van der Waals surface area contributed by atoms with Gasteiger partial charge in [-0.05, 0) is 36.4 Å². The lowest BCUT2D eigenvalue weighted by Crippen LogP contribution is -2.54. The van der Waals surface area contributed by atoms with Gasteiger partial charge in [0.2, 0.25) is 0 Å². The molecule has 134 valence electrons. The molecule has 7 heteroatoms. The van der Waals surface area contributed by atoms with E-state index in [1.807, 2.05) is 42.1 Å². The molecule has 3 aromatic rings. The van der Waals surface area contributed by atoms with Crippen LogP contribution in [0.2, 0.25) is 0 Å². The van der Waals surface area contributed by atoms with Crippen LogP contribution in [0.25, 0.3) is 17.0 Å². The Balaban J connectivity index is 1.80. The number of benzene rings is 2. The summed E-state index contributed by atoms with van der Waals surface area (Å²) >= 11 is 3.32. The molecular weight excluding hydrogens is 410 g/mol. The standard InChI is InChI=1S/C20H14BrN3O3/c1-23-11-12(15-4-2-3-5-17(15)23)10-16-18(25)22-20(27)24(19(16)26)14-8-6-13(21)7-9-14/h2-11H,1H3,(H,22,25,27)/b16-10-. The second-order valence-electron chi connectivity index (χ2n) is 6.15. The van der Waals surface area contributed by atoms with Gasteiger partial charge in [0.25, 0.3) is 11.8 Å². The van der Waals surface area contributed by atoms with Crippen LogP contribution in [0.1, 0.15) is 5.56 Å². The van der Waals surface area contributed by atoms with Gasteiger partial charge in [0.15, 0.2) is 0 Å². The minimum atomic E-state index is -0.762. The molecule has 6 nitrogen and oxygen atoms in total. The van der Waals surface area contributed by atoms with Crippen molar-refractivity contribution in [3.63, 3.8) is 0 Å². The molecule has 0 radical (unpaired) electrons. The molecule has 4 amide bonds. The third-order valence-electron chi connectivity index (χ3n) is 4.41. The first kappa shape index (κ1) is 17.2. The van der Waals surface area contributed by atoms with Crippen LogP contribution in [0.4, 0.5) is 10.5 Å². The molecule has 2 aromatic carbocycles. The minimum absolute atomic E-state index is 0.0890. The highest BCUT2D eigenvalue weighted by molar-refractivity contribution is 9.10. The van der Waals surface area contributed by atoms with Gasteiger partial charge in [-0.2, -0.15) is 0 Å². The number of amides is 4. The van der Waals surface area contributed by atoms with E-state index in [1.54, 1.807) is 24.3 Å². The second-order valence-corrected chi connectivity index (χ2v) is 7.06. The van der Waals surface area contributed by atoms with E-state index < -0.39 is 17.8 Å². The number of hydrogen-bond acceptors (Lipinski definition) is 3. The fourth-order valence-electron chi connectivity index (χ4n) is 3.13. The summed E-state index contributed by atoms with van der Waals surface area (Å²) in [6.45, 7) is 0. The van der Waals surface area contributed by atoms with Crippen molar-refractivity contribution in [2.45, 2.75) is 0 Å². The maximum Gasteiger partial charge on any atom is 0.335 e. The summed E-state index contributed by atoms with van der Waals surface area (Å²) in [7, 11) is 1.89. The summed E-state index contributed by atoms with van der Waals surface area (Å²) in [5.74, 6) is -1.36. The maximum atomic E-state index is 12.9. The zero-order chi connectivity index (χ0) is 19.1. The average molecular weight is 424 g/mol. The SMILES string of the molecule is Cn1cc(/C=C2/C(=O)NC(=O)N(c3ccc(Br)cc3)C2=O)c2ccccc21. The third-order valence-corrected chi connectivity index (χ3v) is 4.94. The average Bonchev–Trinajstić information content (AvgIpc) is 2.96. The van der Waals surface area contributed by atoms with Gasteiger partial charge in [0, 0.05) is 34.2 Å². The Kier molecular flexibility index (Phi) is 4.16. The first-order valence-corrected chi connectivity index (χ1v) is 8.96. The Hall–Kier alpha value is -3.19. The summed E-state index contributed by atoms with van der Waals surface area (Å²) in [5, 5.41) is 3.16. The topological polar surface area (TPSA) is 71.4 Å². The van der Waals surface area contributed by atoms with Gasteiger partial charge in [-0.1, -0.05) is 34.1 Å². The molecule has 1 aliphatic rings. The molecule has 0 spiro atoms. The number of anilines is 1. The molecular formula is C20H14BrN3O3. The van der Waals surface area contributed by atoms with Gasteiger partial charge in [-0.15, -0.1) is 0 Å². The number of para-hydroxylation sites is 1. The van der Waals surface area contributed by atoms with Crippen LogP contribution in [-0.2, 0) is 16.6 Å². The van der Waals surface area contributed by atoms with Crippen molar-refractivity contribution >= 4 is 56.4 Å². The van der Waals surface area contributed by atoms with Gasteiger partial charge in [0.05, 0.1) is 5.69 Å². The van der Waals surface area contributed by atoms with Crippen LogP contribution in [-0.4, -0.2) is 22.4 Å². The van der Waals surface area contributed by atoms with Crippen LogP contribution >= 0.6 is 15.9 Å². The van der Waals surface area contributed by atoms with Crippen LogP contribution in [0.5, 0.6) is 0 Å². The molecule has 27 heavy (non-hydrogen) atoms. The first-order chi connectivity index (χ1) is 13.0. The third kappa shape index (κ3) is 2.96. The van der Waals surface area contributed by atoms with Gasteiger partial charge in [0.1, 0.15) is 5.57 Å². The number of halogens is 1. The Morgan fingerprint density at radius 2 is 1.70 bits per heavy atom. The van der Waals surface area contributed by atoms with Crippen LogP contribution in [0.15, 0.2) is 64.8 Å². The zero-order valence-electron chi connectivity index (χ0n) is 14.3. The zero-order valence-corrected chi connectivity index (χ0v) is 15.9. The van der Waals surface area contributed by atoms with Crippen molar-refractivity contribution < 1.29 is 14.4 Å². The van der Waals surface area contributed by atoms with Gasteiger partial charge >= 0.3 is 6.03 Å². The lowest BCUT2D eigenvalue weighted by molar-refractivity contribution is -0.122. The summed E-state index contributed by atoms with van der Waals surface area (Å²) < 4.78 is 2.74. The van der Waals surface area contributed by atoms with E-state index in [9.17, 15) is 14.4 Å². The number of aromatic nitrogens is 1. The fourth-order valence-corrected chi connectivity index (χ4v) is 3.39. The Labute approximate surface area is 163 Å². The molecule has 0 aliphatic carbocycles. The normalized spacial score (nSPS) is 16.3. The van der Waals surface area contributed by atoms with E-state index in [-0.39, 0.29) is 5.57 Å². The number of hydrogen-bond donors (Lipinski definition) is 1. The number of nitrogens with one attached hydrogen (secondary N) is 1. The number of barbiturate groups is 1.